The molecule has 2 unspecified atom stereocenters. The molecule has 174 valence electrons. The van der Waals surface area contributed by atoms with Gasteiger partial charge in [-0.15, -0.1) is 0 Å². The number of allylic oxidation sites excluding steroid dienone is 2. The first-order valence-electron chi connectivity index (χ1n) is 9.59. The summed E-state index contributed by atoms with van der Waals surface area (Å²) >= 11 is 7.13. The molecular weight excluding hydrogens is 491 g/mol. The molecule has 0 spiro atoms. The van der Waals surface area contributed by atoms with Gasteiger partial charge >= 0.3 is 7.82 Å². The van der Waals surface area contributed by atoms with Crippen molar-refractivity contribution < 1.29 is 27.8 Å². The molecule has 0 fully saturated rings. The second-order valence-electron chi connectivity index (χ2n) is 6.87. The highest BCUT2D eigenvalue weighted by Gasteiger charge is 2.26. The average Bonchev–Trinajstić information content (AvgIpc) is 3.43. The lowest BCUT2D eigenvalue weighted by Gasteiger charge is -2.30. The summed E-state index contributed by atoms with van der Waals surface area (Å²) in [4.78, 5) is 15.0. The van der Waals surface area contributed by atoms with E-state index in [-0.39, 0.29) is 6.73 Å². The van der Waals surface area contributed by atoms with Crippen LogP contribution in [0, 0.1) is 0 Å². The fourth-order valence-corrected chi connectivity index (χ4v) is 4.16. The number of thiazole rings is 1. The zero-order valence-corrected chi connectivity index (χ0v) is 19.8. The number of nitrogens with zero attached hydrogens (tertiary/aromatic N) is 3. The molecule has 0 bridgehead atoms. The van der Waals surface area contributed by atoms with Crippen LogP contribution in [-0.2, 0) is 20.0 Å². The molecule has 1 aliphatic heterocycles. The Bertz CT molecular complexity index is 1210. The molecule has 0 saturated heterocycles. The standard InChI is InChI=1S/C20H20ClN4O6PS/c1-28-32(26,27)29-12-25-8-2-3-16(19(25)22)17-10-14(24-31-17)9-13-4-6-15(7-5-13)30-20-23-18(21)11-33-20/h2-8,10-11,19H,9,12,22H2,1H3,(H,26,27). The first kappa shape index (κ1) is 23.7. The van der Waals surface area contributed by atoms with Crippen molar-refractivity contribution in [1.82, 2.24) is 15.0 Å². The first-order chi connectivity index (χ1) is 15.8. The van der Waals surface area contributed by atoms with Crippen molar-refractivity contribution >= 4 is 36.3 Å². The van der Waals surface area contributed by atoms with Gasteiger partial charge in [-0.25, -0.2) is 4.57 Å². The fourth-order valence-electron chi connectivity index (χ4n) is 2.97. The molecule has 10 nitrogen and oxygen atoms in total. The third kappa shape index (κ3) is 6.10. The van der Waals surface area contributed by atoms with E-state index in [1.165, 1.54) is 16.2 Å². The van der Waals surface area contributed by atoms with E-state index in [1.807, 2.05) is 24.3 Å². The molecule has 1 aromatic carbocycles. The molecule has 0 aliphatic carbocycles. The quantitative estimate of drug-likeness (QED) is 0.399. The highest BCUT2D eigenvalue weighted by Crippen LogP contribution is 2.42. The van der Waals surface area contributed by atoms with E-state index in [0.29, 0.717) is 33.9 Å². The van der Waals surface area contributed by atoms with E-state index < -0.39 is 14.0 Å². The van der Waals surface area contributed by atoms with Gasteiger partial charge in [0.15, 0.2) is 5.76 Å². The molecule has 3 heterocycles. The van der Waals surface area contributed by atoms with Crippen LogP contribution in [0.2, 0.25) is 5.15 Å². The first-order valence-corrected chi connectivity index (χ1v) is 12.3. The zero-order chi connectivity index (χ0) is 23.4. The average molecular weight is 511 g/mol. The normalized spacial score (nSPS) is 17.6. The minimum Gasteiger partial charge on any atom is -0.431 e. The monoisotopic (exact) mass is 510 g/mol. The van der Waals surface area contributed by atoms with E-state index in [2.05, 4.69) is 14.7 Å². The van der Waals surface area contributed by atoms with Crippen molar-refractivity contribution in [3.05, 3.63) is 76.2 Å². The molecule has 1 aliphatic rings. The number of phosphoric acid groups is 1. The number of halogens is 1. The molecular formula is C20H20ClN4O6PS. The van der Waals surface area contributed by atoms with Crippen molar-refractivity contribution in [2.75, 3.05) is 13.8 Å². The van der Waals surface area contributed by atoms with Gasteiger partial charge < -0.3 is 24.8 Å². The molecule has 3 aromatic rings. The Labute approximate surface area is 198 Å². The van der Waals surface area contributed by atoms with Crippen molar-refractivity contribution in [3.63, 3.8) is 0 Å². The van der Waals surface area contributed by atoms with E-state index >= 15 is 0 Å². The number of benzene rings is 1. The highest BCUT2D eigenvalue weighted by atomic mass is 35.5. The number of phosphoric ester groups is 1. The minimum absolute atomic E-state index is 0.237. The SMILES string of the molecule is COP(=O)(O)OCN1C=CC=C(c2cc(Cc3ccc(Oc4nc(Cl)cs4)cc3)no2)C1N. The summed E-state index contributed by atoms with van der Waals surface area (Å²) in [7, 11) is -3.03. The van der Waals surface area contributed by atoms with Crippen molar-refractivity contribution in [2.45, 2.75) is 12.6 Å². The minimum atomic E-state index is -4.12. The second-order valence-corrected chi connectivity index (χ2v) is 9.64. The predicted octanol–water partition coefficient (Wildman–Crippen LogP) is 4.39. The number of nitrogens with two attached hydrogens (primary N) is 1. The van der Waals surface area contributed by atoms with Gasteiger partial charge in [-0.05, 0) is 23.8 Å². The van der Waals surface area contributed by atoms with Gasteiger partial charge in [-0.2, -0.15) is 4.98 Å². The summed E-state index contributed by atoms with van der Waals surface area (Å²) in [5, 5.41) is 6.71. The number of hydrogen-bond donors (Lipinski definition) is 2. The lowest BCUT2D eigenvalue weighted by molar-refractivity contribution is 0.100. The molecule has 4 rings (SSSR count). The second kappa shape index (κ2) is 10.2. The van der Waals surface area contributed by atoms with E-state index in [9.17, 15) is 9.46 Å². The van der Waals surface area contributed by atoms with Crippen LogP contribution in [0.1, 0.15) is 17.0 Å². The Kier molecular flexibility index (Phi) is 7.30. The van der Waals surface area contributed by atoms with E-state index in [0.717, 1.165) is 18.4 Å². The third-order valence-electron chi connectivity index (χ3n) is 4.64. The molecule has 13 heteroatoms. The third-order valence-corrected chi connectivity index (χ3v) is 6.59. The van der Waals surface area contributed by atoms with Crippen LogP contribution in [0.5, 0.6) is 10.9 Å². The van der Waals surface area contributed by atoms with Crippen LogP contribution in [0.15, 0.2) is 58.6 Å². The number of rotatable bonds is 9. The number of ether oxygens (including phenoxy) is 1. The maximum Gasteiger partial charge on any atom is 0.473 e. The highest BCUT2D eigenvalue weighted by molar-refractivity contribution is 7.47. The van der Waals surface area contributed by atoms with E-state index in [4.69, 9.17) is 31.1 Å². The van der Waals surface area contributed by atoms with Gasteiger partial charge in [0.25, 0.3) is 5.19 Å². The summed E-state index contributed by atoms with van der Waals surface area (Å²) in [6.07, 6.45) is 5.04. The Morgan fingerprint density at radius 3 is 2.85 bits per heavy atom. The van der Waals surface area contributed by atoms with Gasteiger partial charge in [0, 0.05) is 36.8 Å². The largest absolute Gasteiger partial charge is 0.473 e. The summed E-state index contributed by atoms with van der Waals surface area (Å²) in [6, 6.07) is 9.34. The Morgan fingerprint density at radius 1 is 1.36 bits per heavy atom. The Balaban J connectivity index is 1.38. The van der Waals surface area contributed by atoms with Gasteiger partial charge in [0.1, 0.15) is 23.8 Å². The lowest BCUT2D eigenvalue weighted by atomic mass is 10.1. The fraction of sp³-hybridized carbons (Fsp3) is 0.200. The van der Waals surface area contributed by atoms with Crippen molar-refractivity contribution in [1.29, 1.82) is 0 Å². The van der Waals surface area contributed by atoms with Crippen LogP contribution in [-0.4, -0.2) is 39.9 Å². The Morgan fingerprint density at radius 2 is 2.15 bits per heavy atom. The molecule has 33 heavy (non-hydrogen) atoms. The summed E-state index contributed by atoms with van der Waals surface area (Å²) in [5.74, 6) is 1.14. The maximum atomic E-state index is 11.5. The van der Waals surface area contributed by atoms with Gasteiger partial charge in [0.05, 0.1) is 5.69 Å². The van der Waals surface area contributed by atoms with Gasteiger partial charge in [-0.1, -0.05) is 46.3 Å². The van der Waals surface area contributed by atoms with Crippen LogP contribution >= 0.6 is 30.8 Å². The van der Waals surface area contributed by atoms with Gasteiger partial charge in [-0.3, -0.25) is 9.05 Å². The van der Waals surface area contributed by atoms with Crippen LogP contribution in [0.25, 0.3) is 5.57 Å². The summed E-state index contributed by atoms with van der Waals surface area (Å²) in [6.45, 7) is -0.237. The molecule has 2 aromatic heterocycles. The molecule has 2 atom stereocenters. The van der Waals surface area contributed by atoms with Crippen molar-refractivity contribution in [2.24, 2.45) is 5.73 Å². The molecule has 0 saturated carbocycles. The van der Waals surface area contributed by atoms with E-state index in [1.54, 1.807) is 29.8 Å². The molecule has 0 radical (unpaired) electrons. The molecule has 3 N–H and O–H groups in total. The lowest BCUT2D eigenvalue weighted by Crippen LogP contribution is -2.41. The smallest absolute Gasteiger partial charge is 0.431 e. The van der Waals surface area contributed by atoms with Crippen molar-refractivity contribution in [3.8, 4) is 10.9 Å². The number of aromatic nitrogens is 2. The van der Waals surface area contributed by atoms with Crippen LogP contribution < -0.4 is 10.5 Å². The number of hydrogen-bond acceptors (Lipinski definition) is 10. The maximum absolute atomic E-state index is 11.5. The Hall–Kier alpha value is -2.50. The van der Waals surface area contributed by atoms with Crippen LogP contribution in [0.4, 0.5) is 0 Å². The predicted molar refractivity (Wildman–Crippen MR) is 123 cm³/mol. The zero-order valence-electron chi connectivity index (χ0n) is 17.3. The van der Waals surface area contributed by atoms with Crippen LogP contribution in [0.3, 0.4) is 0 Å². The summed E-state index contributed by atoms with van der Waals surface area (Å²) in [5.41, 5.74) is 8.64. The topological polar surface area (TPSA) is 133 Å². The van der Waals surface area contributed by atoms with Gasteiger partial charge in [0.2, 0.25) is 0 Å². The molecule has 0 amide bonds. The summed E-state index contributed by atoms with van der Waals surface area (Å²) < 4.78 is 32.0.